The molecule has 0 aliphatic carbocycles. The Morgan fingerprint density at radius 1 is 1.13 bits per heavy atom. The van der Waals surface area contributed by atoms with Gasteiger partial charge in [-0.1, -0.05) is 24.3 Å². The molecule has 168 valence electrons. The molecule has 0 saturated carbocycles. The number of benzene rings is 1. The van der Waals surface area contributed by atoms with Gasteiger partial charge in [0.2, 0.25) is 15.9 Å². The molecule has 0 spiro atoms. The number of aromatic nitrogens is 1. The van der Waals surface area contributed by atoms with Crippen molar-refractivity contribution in [3.05, 3.63) is 59.5 Å². The number of halogens is 2. The zero-order valence-corrected chi connectivity index (χ0v) is 18.8. The van der Waals surface area contributed by atoms with Crippen LogP contribution in [-0.2, 0) is 27.7 Å². The molecule has 0 bridgehead atoms. The first kappa shape index (κ1) is 26.3. The van der Waals surface area contributed by atoms with E-state index in [2.05, 4.69) is 15.0 Å². The van der Waals surface area contributed by atoms with Crippen LogP contribution in [0.25, 0.3) is 0 Å². The molecular weight excluding hydrogens is 433 g/mol. The molecule has 1 unspecified atom stereocenters. The van der Waals surface area contributed by atoms with Crippen LogP contribution < -0.4 is 14.8 Å². The van der Waals surface area contributed by atoms with Crippen LogP contribution >= 0.6 is 12.4 Å². The van der Waals surface area contributed by atoms with Gasteiger partial charge in [0.25, 0.3) is 0 Å². The fourth-order valence-electron chi connectivity index (χ4n) is 2.57. The lowest BCUT2D eigenvalue weighted by Gasteiger charge is -2.19. The van der Waals surface area contributed by atoms with Crippen molar-refractivity contribution in [1.29, 1.82) is 0 Å². The van der Waals surface area contributed by atoms with Crippen LogP contribution in [0.2, 0.25) is 0 Å². The van der Waals surface area contributed by atoms with Gasteiger partial charge in [-0.25, -0.2) is 22.5 Å². The predicted octanol–water partition coefficient (Wildman–Crippen LogP) is 2.31. The van der Waals surface area contributed by atoms with Crippen LogP contribution in [0, 0.1) is 5.82 Å². The van der Waals surface area contributed by atoms with Crippen molar-refractivity contribution in [2.24, 2.45) is 0 Å². The van der Waals surface area contributed by atoms with Gasteiger partial charge in [0.1, 0.15) is 11.9 Å². The highest BCUT2D eigenvalue weighted by atomic mass is 35.5. The van der Waals surface area contributed by atoms with E-state index < -0.39 is 15.8 Å². The summed E-state index contributed by atoms with van der Waals surface area (Å²) in [5.41, 5.74) is 2.16. The minimum Gasteiger partial charge on any atom is -0.471 e. The Hall–Kier alpha value is -1.78. The second-order valence-electron chi connectivity index (χ2n) is 6.58. The highest BCUT2D eigenvalue weighted by Gasteiger charge is 2.12. The van der Waals surface area contributed by atoms with Gasteiger partial charge in [0, 0.05) is 32.3 Å². The Bertz CT molecular complexity index is 836. The van der Waals surface area contributed by atoms with Crippen molar-refractivity contribution < 1.29 is 22.3 Å². The molecule has 0 amide bonds. The highest BCUT2D eigenvalue weighted by molar-refractivity contribution is 7.88. The van der Waals surface area contributed by atoms with Gasteiger partial charge in [0.05, 0.1) is 19.1 Å². The van der Waals surface area contributed by atoms with Crippen molar-refractivity contribution in [1.82, 2.24) is 15.0 Å². The van der Waals surface area contributed by atoms with E-state index in [9.17, 15) is 12.8 Å². The van der Waals surface area contributed by atoms with Crippen LogP contribution in [0.5, 0.6) is 5.88 Å². The van der Waals surface area contributed by atoms with Crippen LogP contribution in [0.4, 0.5) is 4.39 Å². The number of rotatable bonds is 13. The van der Waals surface area contributed by atoms with Gasteiger partial charge >= 0.3 is 0 Å². The lowest BCUT2D eigenvalue weighted by molar-refractivity contribution is 0.0539. The molecule has 7 nitrogen and oxygen atoms in total. The number of sulfonamides is 1. The van der Waals surface area contributed by atoms with Gasteiger partial charge in [-0.3, -0.25) is 0 Å². The molecule has 0 radical (unpaired) electrons. The summed E-state index contributed by atoms with van der Waals surface area (Å²) in [5.74, 6) is -0.0580. The first-order chi connectivity index (χ1) is 13.9. The minimum atomic E-state index is -3.16. The van der Waals surface area contributed by atoms with E-state index in [1.54, 1.807) is 0 Å². The highest BCUT2D eigenvalue weighted by Crippen LogP contribution is 2.10. The zero-order chi connectivity index (χ0) is 21.1. The molecule has 0 saturated heterocycles. The summed E-state index contributed by atoms with van der Waals surface area (Å²) in [6.45, 7) is 4.45. The van der Waals surface area contributed by atoms with E-state index in [0.717, 1.165) is 23.6 Å². The third-order valence-electron chi connectivity index (χ3n) is 4.00. The summed E-state index contributed by atoms with van der Waals surface area (Å²) in [5, 5.41) is 3.33. The van der Waals surface area contributed by atoms with Crippen LogP contribution in [0.3, 0.4) is 0 Å². The minimum absolute atomic E-state index is 0. The lowest BCUT2D eigenvalue weighted by Crippen LogP contribution is -2.35. The first-order valence-electron chi connectivity index (χ1n) is 9.45. The summed E-state index contributed by atoms with van der Waals surface area (Å²) in [7, 11) is -3.16. The summed E-state index contributed by atoms with van der Waals surface area (Å²) in [6, 6.07) is 10.8. The van der Waals surface area contributed by atoms with Gasteiger partial charge in [0.15, 0.2) is 0 Å². The van der Waals surface area contributed by atoms with Gasteiger partial charge in [-0.2, -0.15) is 0 Å². The number of nitrogens with one attached hydrogen (secondary N) is 2. The maximum atomic E-state index is 13.0. The standard InChI is InChI=1S/C20H28FN3O4S.ClH/c1-3-27-15-19(28-20-9-8-18(21)13-23-20)14-22-12-17-6-4-16(5-7-17)10-11-24-29(2,25)26;/h4-9,13,19,22,24H,3,10-12,14-15H2,1-2H3;1H. The second kappa shape index (κ2) is 13.5. The molecule has 10 heteroatoms. The van der Waals surface area contributed by atoms with Gasteiger partial charge < -0.3 is 14.8 Å². The maximum Gasteiger partial charge on any atom is 0.213 e. The summed E-state index contributed by atoms with van der Waals surface area (Å²) < 4.78 is 48.9. The summed E-state index contributed by atoms with van der Waals surface area (Å²) in [4.78, 5) is 3.92. The average molecular weight is 462 g/mol. The molecular formula is C20H29ClFN3O4S. The van der Waals surface area contributed by atoms with E-state index >= 15 is 0 Å². The van der Waals surface area contributed by atoms with E-state index in [-0.39, 0.29) is 18.5 Å². The Morgan fingerprint density at radius 2 is 1.83 bits per heavy atom. The SMILES string of the molecule is CCOCC(CNCc1ccc(CCNS(C)(=O)=O)cc1)Oc1ccc(F)cn1.Cl. The Morgan fingerprint density at radius 3 is 2.43 bits per heavy atom. The molecule has 2 rings (SSSR count). The Balaban J connectivity index is 0.00000450. The van der Waals surface area contributed by atoms with Crippen LogP contribution in [0.15, 0.2) is 42.6 Å². The molecule has 0 fully saturated rings. The molecule has 30 heavy (non-hydrogen) atoms. The van der Waals surface area contributed by atoms with Crippen LogP contribution in [0.1, 0.15) is 18.1 Å². The second-order valence-corrected chi connectivity index (χ2v) is 8.41. The number of pyridine rings is 1. The van der Waals surface area contributed by atoms with Crippen molar-refractivity contribution >= 4 is 22.4 Å². The quantitative estimate of drug-likeness (QED) is 0.476. The molecule has 1 aromatic heterocycles. The lowest BCUT2D eigenvalue weighted by atomic mass is 10.1. The number of hydrogen-bond donors (Lipinski definition) is 2. The first-order valence-corrected chi connectivity index (χ1v) is 11.3. The molecule has 1 aromatic carbocycles. The van der Waals surface area contributed by atoms with E-state index in [0.29, 0.717) is 45.1 Å². The summed E-state index contributed by atoms with van der Waals surface area (Å²) in [6.07, 6.45) is 2.65. The maximum absolute atomic E-state index is 13.0. The number of nitrogens with zero attached hydrogens (tertiary/aromatic N) is 1. The molecule has 2 aromatic rings. The third-order valence-corrected chi connectivity index (χ3v) is 4.73. The Kier molecular flexibility index (Phi) is 11.8. The Labute approximate surface area is 183 Å². The zero-order valence-electron chi connectivity index (χ0n) is 17.1. The van der Waals surface area contributed by atoms with E-state index in [4.69, 9.17) is 9.47 Å². The molecule has 1 heterocycles. The topological polar surface area (TPSA) is 89.6 Å². The fourth-order valence-corrected chi connectivity index (χ4v) is 3.04. The van der Waals surface area contributed by atoms with Crippen molar-refractivity contribution in [2.75, 3.05) is 32.6 Å². The van der Waals surface area contributed by atoms with Crippen molar-refractivity contribution in [2.45, 2.75) is 26.0 Å². The normalized spacial score (nSPS) is 12.2. The molecule has 0 aliphatic rings. The number of hydrogen-bond acceptors (Lipinski definition) is 6. The fraction of sp³-hybridized carbons (Fsp3) is 0.450. The van der Waals surface area contributed by atoms with Crippen LogP contribution in [-0.4, -0.2) is 52.1 Å². The smallest absolute Gasteiger partial charge is 0.213 e. The largest absolute Gasteiger partial charge is 0.471 e. The monoisotopic (exact) mass is 461 g/mol. The molecule has 2 N–H and O–H groups in total. The van der Waals surface area contributed by atoms with E-state index in [1.807, 2.05) is 31.2 Å². The predicted molar refractivity (Wildman–Crippen MR) is 117 cm³/mol. The third kappa shape index (κ3) is 10.8. The molecule has 0 aliphatic heterocycles. The summed E-state index contributed by atoms with van der Waals surface area (Å²) >= 11 is 0. The number of ether oxygens (including phenoxy) is 2. The van der Waals surface area contributed by atoms with Crippen molar-refractivity contribution in [3.63, 3.8) is 0 Å². The van der Waals surface area contributed by atoms with Gasteiger partial charge in [-0.05, 0) is 30.5 Å². The van der Waals surface area contributed by atoms with Crippen molar-refractivity contribution in [3.8, 4) is 5.88 Å². The molecule has 1 atom stereocenters. The van der Waals surface area contributed by atoms with E-state index in [1.165, 1.54) is 12.1 Å². The average Bonchev–Trinajstić information content (AvgIpc) is 2.68. The van der Waals surface area contributed by atoms with Gasteiger partial charge in [-0.15, -0.1) is 12.4 Å².